The molecule has 0 radical (unpaired) electrons. The van der Waals surface area contributed by atoms with Crippen LogP contribution in [0.15, 0.2) is 48.5 Å². The monoisotopic (exact) mass is 378 g/mol. The number of benzene rings is 2. The molecule has 4 rings (SSSR count). The zero-order valence-electron chi connectivity index (χ0n) is 15.8. The quantitative estimate of drug-likeness (QED) is 0.715. The van der Waals surface area contributed by atoms with Crippen LogP contribution in [0.2, 0.25) is 0 Å². The Morgan fingerprint density at radius 1 is 1.25 bits per heavy atom. The molecule has 0 spiro atoms. The second-order valence-electron chi connectivity index (χ2n) is 6.95. The molecule has 144 valence electrons. The van der Waals surface area contributed by atoms with Gasteiger partial charge in [-0.2, -0.15) is 0 Å². The molecule has 1 saturated heterocycles. The first-order chi connectivity index (χ1) is 13.6. The lowest BCUT2D eigenvalue weighted by atomic mass is 10.1. The molecule has 1 aliphatic heterocycles. The van der Waals surface area contributed by atoms with Crippen molar-refractivity contribution < 1.29 is 14.3 Å². The Balaban J connectivity index is 1.46. The number of rotatable bonds is 5. The highest BCUT2D eigenvalue weighted by atomic mass is 16.5. The third-order valence-electron chi connectivity index (χ3n) is 5.05. The molecule has 2 N–H and O–H groups in total. The molecule has 2 atom stereocenters. The van der Waals surface area contributed by atoms with Gasteiger partial charge in [-0.3, -0.25) is 9.59 Å². The number of fused-ring (bicyclic) bond motifs is 1. The number of hydrogen-bond acceptors (Lipinski definition) is 4. The SMILES string of the molecule is COc1ccccc1N1CC(C(=O)NC(C)c2nc3ccccc3[nH]2)CC1=O. The summed E-state index contributed by atoms with van der Waals surface area (Å²) in [5.74, 6) is 0.664. The van der Waals surface area contributed by atoms with E-state index < -0.39 is 5.92 Å². The Bertz CT molecular complexity index is 996. The predicted octanol–water partition coefficient (Wildman–Crippen LogP) is 2.80. The molecule has 2 heterocycles. The maximum atomic E-state index is 12.8. The molecule has 1 fully saturated rings. The van der Waals surface area contributed by atoms with E-state index in [4.69, 9.17) is 4.74 Å². The number of amides is 2. The van der Waals surface area contributed by atoms with Crippen LogP contribution < -0.4 is 15.0 Å². The standard InChI is InChI=1S/C21H22N4O3/c1-13(20-23-15-7-3-4-8-16(15)24-20)22-21(27)14-11-19(26)25(12-14)17-9-5-6-10-18(17)28-2/h3-10,13-14H,11-12H2,1-2H3,(H,22,27)(H,23,24). The number of anilines is 1. The number of H-pyrrole nitrogens is 1. The van der Waals surface area contributed by atoms with Gasteiger partial charge in [-0.1, -0.05) is 24.3 Å². The number of nitrogens with one attached hydrogen (secondary N) is 2. The van der Waals surface area contributed by atoms with Gasteiger partial charge in [0, 0.05) is 13.0 Å². The van der Waals surface area contributed by atoms with E-state index in [1.165, 1.54) is 0 Å². The van der Waals surface area contributed by atoms with Crippen molar-refractivity contribution in [1.82, 2.24) is 15.3 Å². The van der Waals surface area contributed by atoms with Crippen molar-refractivity contribution in [2.24, 2.45) is 5.92 Å². The minimum atomic E-state index is -0.413. The Morgan fingerprint density at radius 2 is 2.00 bits per heavy atom. The minimum Gasteiger partial charge on any atom is -0.495 e. The lowest BCUT2D eigenvalue weighted by Gasteiger charge is -2.20. The van der Waals surface area contributed by atoms with Crippen LogP contribution in [-0.2, 0) is 9.59 Å². The van der Waals surface area contributed by atoms with Crippen LogP contribution in [0.5, 0.6) is 5.75 Å². The second-order valence-corrected chi connectivity index (χ2v) is 6.95. The van der Waals surface area contributed by atoms with Crippen LogP contribution in [0.4, 0.5) is 5.69 Å². The van der Waals surface area contributed by atoms with Crippen molar-refractivity contribution in [3.05, 3.63) is 54.4 Å². The summed E-state index contributed by atoms with van der Waals surface area (Å²) in [5.41, 5.74) is 2.48. The Kier molecular flexibility index (Phi) is 4.73. The van der Waals surface area contributed by atoms with Gasteiger partial charge in [-0.15, -0.1) is 0 Å². The number of carbonyl (C=O) groups is 2. The van der Waals surface area contributed by atoms with E-state index in [1.807, 2.05) is 49.4 Å². The molecule has 0 saturated carbocycles. The first-order valence-corrected chi connectivity index (χ1v) is 9.25. The first-order valence-electron chi connectivity index (χ1n) is 9.25. The number of para-hydroxylation sites is 4. The van der Waals surface area contributed by atoms with Crippen LogP contribution in [-0.4, -0.2) is 35.4 Å². The number of aromatic nitrogens is 2. The van der Waals surface area contributed by atoms with E-state index in [9.17, 15) is 9.59 Å². The van der Waals surface area contributed by atoms with Gasteiger partial charge in [-0.05, 0) is 31.2 Å². The molecule has 1 aromatic heterocycles. The molecular formula is C21H22N4O3. The fourth-order valence-electron chi connectivity index (χ4n) is 3.55. The highest BCUT2D eigenvalue weighted by Crippen LogP contribution is 2.33. The molecule has 28 heavy (non-hydrogen) atoms. The average molecular weight is 378 g/mol. The lowest BCUT2D eigenvalue weighted by molar-refractivity contribution is -0.126. The van der Waals surface area contributed by atoms with Crippen molar-refractivity contribution in [3.63, 3.8) is 0 Å². The molecule has 2 unspecified atom stereocenters. The molecule has 7 nitrogen and oxygen atoms in total. The third-order valence-corrected chi connectivity index (χ3v) is 5.05. The third kappa shape index (κ3) is 3.31. The Morgan fingerprint density at radius 3 is 2.79 bits per heavy atom. The molecule has 2 amide bonds. The van der Waals surface area contributed by atoms with Gasteiger partial charge >= 0.3 is 0 Å². The van der Waals surface area contributed by atoms with Crippen LogP contribution in [0.1, 0.15) is 25.2 Å². The Hall–Kier alpha value is -3.35. The number of hydrogen-bond donors (Lipinski definition) is 2. The maximum Gasteiger partial charge on any atom is 0.227 e. The summed E-state index contributed by atoms with van der Waals surface area (Å²) >= 11 is 0. The number of carbonyl (C=O) groups excluding carboxylic acids is 2. The van der Waals surface area contributed by atoms with Crippen LogP contribution in [0.3, 0.4) is 0 Å². The van der Waals surface area contributed by atoms with Gasteiger partial charge in [0.05, 0.1) is 35.8 Å². The molecule has 7 heteroatoms. The van der Waals surface area contributed by atoms with Gasteiger partial charge < -0.3 is 19.9 Å². The van der Waals surface area contributed by atoms with E-state index >= 15 is 0 Å². The minimum absolute atomic E-state index is 0.0824. The molecule has 0 aliphatic carbocycles. The molecule has 2 aromatic carbocycles. The number of aromatic amines is 1. The average Bonchev–Trinajstić information content (AvgIpc) is 3.31. The Labute approximate surface area is 162 Å². The van der Waals surface area contributed by atoms with Gasteiger partial charge in [0.25, 0.3) is 0 Å². The van der Waals surface area contributed by atoms with Crippen molar-refractivity contribution in [2.45, 2.75) is 19.4 Å². The molecule has 1 aliphatic rings. The summed E-state index contributed by atoms with van der Waals surface area (Å²) in [4.78, 5) is 34.6. The van der Waals surface area contributed by atoms with Gasteiger partial charge in [-0.25, -0.2) is 4.98 Å². The van der Waals surface area contributed by atoms with E-state index in [0.29, 0.717) is 23.8 Å². The number of imidazole rings is 1. The first kappa shape index (κ1) is 18.0. The van der Waals surface area contributed by atoms with E-state index in [2.05, 4.69) is 15.3 Å². The topological polar surface area (TPSA) is 87.3 Å². The van der Waals surface area contributed by atoms with Crippen molar-refractivity contribution >= 4 is 28.5 Å². The number of ether oxygens (including phenoxy) is 1. The van der Waals surface area contributed by atoms with Crippen LogP contribution in [0.25, 0.3) is 11.0 Å². The zero-order chi connectivity index (χ0) is 19.7. The van der Waals surface area contributed by atoms with Gasteiger partial charge in [0.1, 0.15) is 11.6 Å². The summed E-state index contributed by atoms with van der Waals surface area (Å²) in [6.07, 6.45) is 0.177. The van der Waals surface area contributed by atoms with E-state index in [0.717, 1.165) is 11.0 Å². The number of methoxy groups -OCH3 is 1. The second kappa shape index (κ2) is 7.34. The van der Waals surface area contributed by atoms with Crippen molar-refractivity contribution in [2.75, 3.05) is 18.6 Å². The highest BCUT2D eigenvalue weighted by molar-refractivity contribution is 6.01. The van der Waals surface area contributed by atoms with Crippen molar-refractivity contribution in [3.8, 4) is 5.75 Å². The smallest absolute Gasteiger partial charge is 0.227 e. The van der Waals surface area contributed by atoms with Gasteiger partial charge in [0.15, 0.2) is 0 Å². The van der Waals surface area contributed by atoms with Crippen LogP contribution >= 0.6 is 0 Å². The fourth-order valence-corrected chi connectivity index (χ4v) is 3.55. The normalized spacial score (nSPS) is 17.7. The largest absolute Gasteiger partial charge is 0.495 e. The van der Waals surface area contributed by atoms with E-state index in [1.54, 1.807) is 18.1 Å². The maximum absolute atomic E-state index is 12.8. The van der Waals surface area contributed by atoms with Crippen molar-refractivity contribution in [1.29, 1.82) is 0 Å². The lowest BCUT2D eigenvalue weighted by Crippen LogP contribution is -2.35. The summed E-state index contributed by atoms with van der Waals surface area (Å²) in [7, 11) is 1.57. The van der Waals surface area contributed by atoms with Crippen LogP contribution in [0, 0.1) is 5.92 Å². The summed E-state index contributed by atoms with van der Waals surface area (Å²) in [6.45, 7) is 2.21. The molecule has 0 bridgehead atoms. The molecular weight excluding hydrogens is 356 g/mol. The summed E-state index contributed by atoms with van der Waals surface area (Å²) in [5, 5.41) is 2.98. The van der Waals surface area contributed by atoms with E-state index in [-0.39, 0.29) is 24.3 Å². The van der Waals surface area contributed by atoms with Gasteiger partial charge in [0.2, 0.25) is 11.8 Å². The summed E-state index contributed by atoms with van der Waals surface area (Å²) in [6, 6.07) is 14.8. The highest BCUT2D eigenvalue weighted by Gasteiger charge is 2.36. The zero-order valence-corrected chi connectivity index (χ0v) is 15.8. The number of nitrogens with zero attached hydrogens (tertiary/aromatic N) is 2. The fraction of sp³-hybridized carbons (Fsp3) is 0.286. The summed E-state index contributed by atoms with van der Waals surface area (Å²) < 4.78 is 5.35. The predicted molar refractivity (Wildman–Crippen MR) is 106 cm³/mol. The molecule has 3 aromatic rings.